The van der Waals surface area contributed by atoms with Gasteiger partial charge in [-0.15, -0.1) is 0 Å². The minimum Gasteiger partial charge on any atom is -0.355 e. The highest BCUT2D eigenvalue weighted by Crippen LogP contribution is 2.17. The lowest BCUT2D eigenvalue weighted by Gasteiger charge is -2.35. The largest absolute Gasteiger partial charge is 0.355 e. The highest BCUT2D eigenvalue weighted by molar-refractivity contribution is 5.82. The first-order valence-corrected chi connectivity index (χ1v) is 7.41. The summed E-state index contributed by atoms with van der Waals surface area (Å²) in [5.41, 5.74) is 3.97. The molecule has 2 rings (SSSR count). The van der Waals surface area contributed by atoms with Gasteiger partial charge in [0.25, 0.3) is 0 Å². The number of aryl methyl sites for hydroxylation is 1. The van der Waals surface area contributed by atoms with Gasteiger partial charge in [0, 0.05) is 32.7 Å². The van der Waals surface area contributed by atoms with E-state index in [0.29, 0.717) is 6.54 Å². The number of likely N-dealkylation sites (N-methyl/N-ethyl adjacent to an activating group) is 1. The maximum absolute atomic E-state index is 12.2. The molecule has 1 atom stereocenters. The van der Waals surface area contributed by atoms with Crippen LogP contribution in [0.25, 0.3) is 0 Å². The second kappa shape index (κ2) is 6.86. The number of amides is 1. The van der Waals surface area contributed by atoms with Gasteiger partial charge >= 0.3 is 0 Å². The molecule has 1 aromatic rings. The molecule has 1 saturated heterocycles. The Morgan fingerprint density at radius 3 is 3.00 bits per heavy atom. The van der Waals surface area contributed by atoms with E-state index in [9.17, 15) is 4.79 Å². The summed E-state index contributed by atoms with van der Waals surface area (Å²) in [6.07, 6.45) is 0. The standard InChI is InChI=1S/C16H25N3O/c1-4-18-16(20)15-10-17-8-9-19(15)11-14-7-5-6-12(2)13(14)3/h5-7,15,17H,4,8-11H2,1-3H3,(H,18,20). The molecule has 0 aromatic heterocycles. The van der Waals surface area contributed by atoms with Gasteiger partial charge in [-0.1, -0.05) is 18.2 Å². The molecule has 2 N–H and O–H groups in total. The van der Waals surface area contributed by atoms with Gasteiger partial charge in [-0.3, -0.25) is 9.69 Å². The van der Waals surface area contributed by atoms with E-state index in [2.05, 4.69) is 47.6 Å². The van der Waals surface area contributed by atoms with Crippen LogP contribution in [-0.4, -0.2) is 43.0 Å². The minimum absolute atomic E-state index is 0.0661. The number of hydrogen-bond acceptors (Lipinski definition) is 3. The lowest BCUT2D eigenvalue weighted by molar-refractivity contribution is -0.127. The summed E-state index contributed by atoms with van der Waals surface area (Å²) in [5.74, 6) is 0.130. The van der Waals surface area contributed by atoms with E-state index >= 15 is 0 Å². The van der Waals surface area contributed by atoms with Crippen molar-refractivity contribution >= 4 is 5.91 Å². The molecule has 1 unspecified atom stereocenters. The van der Waals surface area contributed by atoms with Crippen molar-refractivity contribution < 1.29 is 4.79 Å². The first kappa shape index (κ1) is 15.0. The maximum atomic E-state index is 12.2. The average Bonchev–Trinajstić information content (AvgIpc) is 2.45. The molecule has 0 radical (unpaired) electrons. The number of nitrogens with one attached hydrogen (secondary N) is 2. The van der Waals surface area contributed by atoms with Gasteiger partial charge in [0.1, 0.15) is 6.04 Å². The molecule has 1 heterocycles. The highest BCUT2D eigenvalue weighted by Gasteiger charge is 2.28. The summed E-state index contributed by atoms with van der Waals surface area (Å²) in [6.45, 7) is 10.4. The van der Waals surface area contributed by atoms with Crippen LogP contribution in [-0.2, 0) is 11.3 Å². The zero-order chi connectivity index (χ0) is 14.5. The van der Waals surface area contributed by atoms with Crippen LogP contribution < -0.4 is 10.6 Å². The lowest BCUT2D eigenvalue weighted by atomic mass is 10.0. The first-order valence-electron chi connectivity index (χ1n) is 7.41. The molecule has 4 nitrogen and oxygen atoms in total. The molecule has 0 bridgehead atoms. The molecular weight excluding hydrogens is 250 g/mol. The van der Waals surface area contributed by atoms with Gasteiger partial charge in [-0.2, -0.15) is 0 Å². The molecule has 1 fully saturated rings. The van der Waals surface area contributed by atoms with Crippen LogP contribution in [0.5, 0.6) is 0 Å². The Labute approximate surface area is 121 Å². The molecule has 20 heavy (non-hydrogen) atoms. The van der Waals surface area contributed by atoms with Crippen LogP contribution in [0.2, 0.25) is 0 Å². The van der Waals surface area contributed by atoms with E-state index in [1.807, 2.05) is 6.92 Å². The number of piperazine rings is 1. The Hall–Kier alpha value is -1.39. The summed E-state index contributed by atoms with van der Waals surface area (Å²) < 4.78 is 0. The summed E-state index contributed by atoms with van der Waals surface area (Å²) in [5, 5.41) is 6.25. The van der Waals surface area contributed by atoms with E-state index in [1.165, 1.54) is 16.7 Å². The summed E-state index contributed by atoms with van der Waals surface area (Å²) in [4.78, 5) is 14.4. The molecular formula is C16H25N3O. The second-order valence-electron chi connectivity index (χ2n) is 5.44. The molecule has 4 heteroatoms. The average molecular weight is 275 g/mol. The monoisotopic (exact) mass is 275 g/mol. The predicted molar refractivity (Wildman–Crippen MR) is 81.7 cm³/mol. The number of carbonyl (C=O) groups is 1. The van der Waals surface area contributed by atoms with Gasteiger partial charge < -0.3 is 10.6 Å². The minimum atomic E-state index is -0.0661. The van der Waals surface area contributed by atoms with E-state index in [1.54, 1.807) is 0 Å². The van der Waals surface area contributed by atoms with E-state index in [0.717, 1.165) is 26.2 Å². The van der Waals surface area contributed by atoms with Crippen molar-refractivity contribution in [1.82, 2.24) is 15.5 Å². The van der Waals surface area contributed by atoms with Crippen molar-refractivity contribution in [2.75, 3.05) is 26.2 Å². The van der Waals surface area contributed by atoms with Crippen LogP contribution >= 0.6 is 0 Å². The van der Waals surface area contributed by atoms with Crippen LogP contribution in [0.3, 0.4) is 0 Å². The molecule has 0 spiro atoms. The topological polar surface area (TPSA) is 44.4 Å². The van der Waals surface area contributed by atoms with Gasteiger partial charge in [-0.05, 0) is 37.5 Å². The van der Waals surface area contributed by atoms with Gasteiger partial charge in [0.2, 0.25) is 5.91 Å². The Morgan fingerprint density at radius 1 is 1.45 bits per heavy atom. The number of carbonyl (C=O) groups excluding carboxylic acids is 1. The number of rotatable bonds is 4. The fourth-order valence-electron chi connectivity index (χ4n) is 2.69. The molecule has 1 aliphatic heterocycles. The van der Waals surface area contributed by atoms with Gasteiger partial charge in [0.05, 0.1) is 0 Å². The normalized spacial score (nSPS) is 19.9. The van der Waals surface area contributed by atoms with Crippen LogP contribution in [0, 0.1) is 13.8 Å². The van der Waals surface area contributed by atoms with E-state index in [4.69, 9.17) is 0 Å². The van der Waals surface area contributed by atoms with E-state index < -0.39 is 0 Å². The van der Waals surface area contributed by atoms with Crippen LogP contribution in [0.15, 0.2) is 18.2 Å². The Bertz CT molecular complexity index is 473. The fourth-order valence-corrected chi connectivity index (χ4v) is 2.69. The van der Waals surface area contributed by atoms with Crippen molar-refractivity contribution in [2.24, 2.45) is 0 Å². The van der Waals surface area contributed by atoms with Crippen molar-refractivity contribution in [3.8, 4) is 0 Å². The lowest BCUT2D eigenvalue weighted by Crippen LogP contribution is -2.57. The summed E-state index contributed by atoms with van der Waals surface area (Å²) >= 11 is 0. The Balaban J connectivity index is 2.12. The zero-order valence-electron chi connectivity index (χ0n) is 12.7. The van der Waals surface area contributed by atoms with E-state index in [-0.39, 0.29) is 11.9 Å². The van der Waals surface area contributed by atoms with Crippen LogP contribution in [0.4, 0.5) is 0 Å². The molecule has 1 aliphatic rings. The van der Waals surface area contributed by atoms with Crippen molar-refractivity contribution in [3.63, 3.8) is 0 Å². The van der Waals surface area contributed by atoms with Crippen molar-refractivity contribution in [1.29, 1.82) is 0 Å². The molecule has 110 valence electrons. The quantitative estimate of drug-likeness (QED) is 0.868. The van der Waals surface area contributed by atoms with Crippen molar-refractivity contribution in [2.45, 2.75) is 33.4 Å². The number of hydrogen-bond donors (Lipinski definition) is 2. The van der Waals surface area contributed by atoms with Crippen LogP contribution in [0.1, 0.15) is 23.6 Å². The van der Waals surface area contributed by atoms with Gasteiger partial charge in [0.15, 0.2) is 0 Å². The summed E-state index contributed by atoms with van der Waals surface area (Å²) in [7, 11) is 0. The predicted octanol–water partition coefficient (Wildman–Crippen LogP) is 1.21. The second-order valence-corrected chi connectivity index (χ2v) is 5.44. The molecule has 1 aromatic carbocycles. The third-order valence-electron chi connectivity index (χ3n) is 4.10. The van der Waals surface area contributed by atoms with Gasteiger partial charge in [-0.25, -0.2) is 0 Å². The number of nitrogens with zero attached hydrogens (tertiary/aromatic N) is 1. The third kappa shape index (κ3) is 3.38. The first-order chi connectivity index (χ1) is 9.63. The molecule has 0 saturated carbocycles. The third-order valence-corrected chi connectivity index (χ3v) is 4.10. The number of benzene rings is 1. The maximum Gasteiger partial charge on any atom is 0.238 e. The molecule has 1 amide bonds. The SMILES string of the molecule is CCNC(=O)C1CNCCN1Cc1cccc(C)c1C. The zero-order valence-corrected chi connectivity index (χ0v) is 12.7. The Morgan fingerprint density at radius 2 is 2.25 bits per heavy atom. The van der Waals surface area contributed by atoms with Crippen molar-refractivity contribution in [3.05, 3.63) is 34.9 Å². The smallest absolute Gasteiger partial charge is 0.238 e. The highest BCUT2D eigenvalue weighted by atomic mass is 16.2. The summed E-state index contributed by atoms with van der Waals surface area (Å²) in [6, 6.07) is 6.33. The fraction of sp³-hybridized carbons (Fsp3) is 0.562. The molecule has 0 aliphatic carbocycles. The Kier molecular flexibility index (Phi) is 5.15.